The molecule has 1 unspecified atom stereocenters. The van der Waals surface area contributed by atoms with Gasteiger partial charge in [0.2, 0.25) is 0 Å². The molecule has 128 valence electrons. The molecule has 0 saturated carbocycles. The Bertz CT molecular complexity index is 927. The predicted molar refractivity (Wildman–Crippen MR) is 95.4 cm³/mol. The second-order valence-corrected chi connectivity index (χ2v) is 6.09. The number of fused-ring (bicyclic) bond motifs is 1. The number of rotatable bonds is 7. The van der Waals surface area contributed by atoms with Gasteiger partial charge >= 0.3 is 5.97 Å². The summed E-state index contributed by atoms with van der Waals surface area (Å²) in [5.74, 6) is -0.545. The molecule has 9 heteroatoms. The normalized spacial score (nSPS) is 12.0. The molecule has 0 spiro atoms. The highest BCUT2D eigenvalue weighted by molar-refractivity contribution is 7.17. The molecule has 0 aliphatic rings. The molecule has 0 saturated heterocycles. The Morgan fingerprint density at radius 1 is 1.32 bits per heavy atom. The minimum atomic E-state index is -0.977. The lowest BCUT2D eigenvalue weighted by Crippen LogP contribution is -2.36. The van der Waals surface area contributed by atoms with Crippen molar-refractivity contribution in [2.75, 3.05) is 11.9 Å². The molecule has 0 aromatic carbocycles. The van der Waals surface area contributed by atoms with Crippen molar-refractivity contribution in [1.29, 1.82) is 0 Å². The highest BCUT2D eigenvalue weighted by atomic mass is 32.1. The maximum absolute atomic E-state index is 11.0. The molecule has 0 bridgehead atoms. The van der Waals surface area contributed by atoms with Gasteiger partial charge in [0.15, 0.2) is 12.0 Å². The van der Waals surface area contributed by atoms with E-state index in [1.165, 1.54) is 6.07 Å². The molecular weight excluding hydrogens is 342 g/mol. The summed E-state index contributed by atoms with van der Waals surface area (Å²) in [6.07, 6.45) is 2.23. The van der Waals surface area contributed by atoms with Gasteiger partial charge in [-0.15, -0.1) is 17.9 Å². The van der Waals surface area contributed by atoms with Crippen LogP contribution in [0.1, 0.15) is 9.67 Å². The number of aliphatic hydroxyl groups is 1. The number of aromatic nitrogens is 3. The largest absolute Gasteiger partial charge is 0.477 e. The standard InChI is InChI=1S/C16H15N5O3S/c1-2-7-17-16(24)21-13-6-3-9-14(20-13)19-10(8-18-9)11-4-5-12(25-11)15(22)23/h2-6,8,16-17,24H,1,7H2,(H,22,23)(H,19,20,21). The van der Waals surface area contributed by atoms with Crippen molar-refractivity contribution in [1.82, 2.24) is 20.3 Å². The van der Waals surface area contributed by atoms with Crippen LogP contribution in [0, 0.1) is 0 Å². The Morgan fingerprint density at radius 3 is 2.88 bits per heavy atom. The van der Waals surface area contributed by atoms with Gasteiger partial charge in [-0.2, -0.15) is 0 Å². The summed E-state index contributed by atoms with van der Waals surface area (Å²) in [6, 6.07) is 6.64. The molecular formula is C16H15N5O3S. The molecule has 0 radical (unpaired) electrons. The number of nitrogens with zero attached hydrogens (tertiary/aromatic N) is 3. The second kappa shape index (κ2) is 7.34. The van der Waals surface area contributed by atoms with Crippen LogP contribution in [0.3, 0.4) is 0 Å². The average molecular weight is 357 g/mol. The summed E-state index contributed by atoms with van der Waals surface area (Å²) in [7, 11) is 0. The molecule has 4 N–H and O–H groups in total. The minimum Gasteiger partial charge on any atom is -0.477 e. The van der Waals surface area contributed by atoms with Crippen molar-refractivity contribution >= 4 is 34.3 Å². The van der Waals surface area contributed by atoms with Crippen LogP contribution in [0.2, 0.25) is 0 Å². The summed E-state index contributed by atoms with van der Waals surface area (Å²) in [5.41, 5.74) is 1.53. The van der Waals surface area contributed by atoms with Gasteiger partial charge < -0.3 is 15.5 Å². The molecule has 3 rings (SSSR count). The van der Waals surface area contributed by atoms with E-state index in [1.54, 1.807) is 30.5 Å². The van der Waals surface area contributed by atoms with Gasteiger partial charge in [0.25, 0.3) is 0 Å². The summed E-state index contributed by atoms with van der Waals surface area (Å²) in [6.45, 7) is 4.00. The smallest absolute Gasteiger partial charge is 0.345 e. The Labute approximate surface area is 146 Å². The fourth-order valence-corrected chi connectivity index (χ4v) is 2.87. The summed E-state index contributed by atoms with van der Waals surface area (Å²) in [4.78, 5) is 25.0. The van der Waals surface area contributed by atoms with Gasteiger partial charge in [-0.1, -0.05) is 6.08 Å². The lowest BCUT2D eigenvalue weighted by Gasteiger charge is -2.13. The number of carboxylic acids is 1. The van der Waals surface area contributed by atoms with Crippen LogP contribution >= 0.6 is 11.3 Å². The third-order valence-corrected chi connectivity index (χ3v) is 4.31. The number of nitrogens with one attached hydrogen (secondary N) is 2. The number of thiophene rings is 1. The SMILES string of the molecule is C=CCNC(O)Nc1ccc2ncc(-c3ccc(C(=O)O)s3)nc2n1. The van der Waals surface area contributed by atoms with Crippen molar-refractivity contribution in [2.24, 2.45) is 0 Å². The number of carboxylic acid groups (broad SMARTS) is 1. The van der Waals surface area contributed by atoms with Crippen LogP contribution in [-0.4, -0.2) is 44.0 Å². The van der Waals surface area contributed by atoms with Crippen LogP contribution in [0.15, 0.2) is 43.1 Å². The van der Waals surface area contributed by atoms with E-state index in [0.717, 1.165) is 11.3 Å². The average Bonchev–Trinajstić information content (AvgIpc) is 3.10. The number of pyridine rings is 1. The lowest BCUT2D eigenvalue weighted by molar-refractivity contribution is 0.0702. The first-order valence-electron chi connectivity index (χ1n) is 7.33. The third-order valence-electron chi connectivity index (χ3n) is 3.22. The molecule has 8 nitrogen and oxygen atoms in total. The van der Waals surface area contributed by atoms with E-state index in [0.29, 0.717) is 34.1 Å². The van der Waals surface area contributed by atoms with Gasteiger partial charge in [0, 0.05) is 6.54 Å². The van der Waals surface area contributed by atoms with Crippen LogP contribution < -0.4 is 10.6 Å². The van der Waals surface area contributed by atoms with Crippen LogP contribution in [0.25, 0.3) is 21.7 Å². The molecule has 1 atom stereocenters. The van der Waals surface area contributed by atoms with E-state index >= 15 is 0 Å². The molecule has 0 fully saturated rings. The van der Waals surface area contributed by atoms with E-state index in [9.17, 15) is 9.90 Å². The number of anilines is 1. The lowest BCUT2D eigenvalue weighted by atomic mass is 10.3. The molecule has 3 aromatic heterocycles. The highest BCUT2D eigenvalue weighted by Crippen LogP contribution is 2.27. The van der Waals surface area contributed by atoms with Gasteiger partial charge in [-0.25, -0.2) is 14.8 Å². The van der Waals surface area contributed by atoms with Crippen molar-refractivity contribution in [3.63, 3.8) is 0 Å². The number of aromatic carboxylic acids is 1. The molecule has 0 aliphatic heterocycles. The summed E-state index contributed by atoms with van der Waals surface area (Å²) in [5, 5.41) is 24.4. The molecule has 3 aromatic rings. The number of hydrogen-bond acceptors (Lipinski definition) is 8. The maximum atomic E-state index is 11.0. The van der Waals surface area contributed by atoms with Crippen LogP contribution in [0.5, 0.6) is 0 Å². The minimum absolute atomic E-state index is 0.233. The first kappa shape index (κ1) is 17.0. The van der Waals surface area contributed by atoms with Crippen molar-refractivity contribution < 1.29 is 15.0 Å². The van der Waals surface area contributed by atoms with E-state index in [1.807, 2.05) is 0 Å². The maximum Gasteiger partial charge on any atom is 0.345 e. The van der Waals surface area contributed by atoms with Crippen LogP contribution in [-0.2, 0) is 0 Å². The van der Waals surface area contributed by atoms with Gasteiger partial charge in [0.05, 0.1) is 11.1 Å². The van der Waals surface area contributed by atoms with Crippen molar-refractivity contribution in [2.45, 2.75) is 6.35 Å². The predicted octanol–water partition coefficient (Wildman–Crippen LogP) is 1.91. The topological polar surface area (TPSA) is 120 Å². The van der Waals surface area contributed by atoms with Gasteiger partial charge in [0.1, 0.15) is 21.9 Å². The molecule has 0 amide bonds. The van der Waals surface area contributed by atoms with Crippen molar-refractivity contribution in [3.8, 4) is 10.6 Å². The highest BCUT2D eigenvalue weighted by Gasteiger charge is 2.11. The van der Waals surface area contributed by atoms with Crippen molar-refractivity contribution in [3.05, 3.63) is 48.0 Å². The molecule has 3 heterocycles. The van der Waals surface area contributed by atoms with E-state index < -0.39 is 12.3 Å². The molecule has 0 aliphatic carbocycles. The van der Waals surface area contributed by atoms with E-state index in [-0.39, 0.29) is 4.88 Å². The van der Waals surface area contributed by atoms with Gasteiger partial charge in [-0.05, 0) is 24.3 Å². The number of carbonyl (C=O) groups is 1. The van der Waals surface area contributed by atoms with E-state index in [4.69, 9.17) is 5.11 Å². The third kappa shape index (κ3) is 3.97. The quantitative estimate of drug-likeness (QED) is 0.374. The van der Waals surface area contributed by atoms with E-state index in [2.05, 4.69) is 32.2 Å². The van der Waals surface area contributed by atoms with Crippen LogP contribution in [0.4, 0.5) is 5.82 Å². The summed E-state index contributed by atoms with van der Waals surface area (Å²) >= 11 is 1.12. The molecule has 25 heavy (non-hydrogen) atoms. The number of hydrogen-bond donors (Lipinski definition) is 4. The van der Waals surface area contributed by atoms with Gasteiger partial charge in [-0.3, -0.25) is 10.3 Å². The number of aliphatic hydroxyl groups excluding tert-OH is 1. The zero-order valence-corrected chi connectivity index (χ0v) is 13.8. The Hall–Kier alpha value is -2.88. The zero-order chi connectivity index (χ0) is 17.8. The first-order valence-corrected chi connectivity index (χ1v) is 8.14. The second-order valence-electron chi connectivity index (χ2n) is 5.01. The Kier molecular flexibility index (Phi) is 4.98. The fraction of sp³-hybridized carbons (Fsp3) is 0.125. The first-order chi connectivity index (χ1) is 12.1. The zero-order valence-electron chi connectivity index (χ0n) is 13.0. The fourth-order valence-electron chi connectivity index (χ4n) is 2.07. The monoisotopic (exact) mass is 357 g/mol. The summed E-state index contributed by atoms with van der Waals surface area (Å²) < 4.78 is 0. The Balaban J connectivity index is 1.87. The Morgan fingerprint density at radius 2 is 2.16 bits per heavy atom.